The fourth-order valence-corrected chi connectivity index (χ4v) is 0.764. The van der Waals surface area contributed by atoms with E-state index in [2.05, 4.69) is 0 Å². The molecule has 0 radical (unpaired) electrons. The zero-order chi connectivity index (χ0) is 8.91. The van der Waals surface area contributed by atoms with Crippen LogP contribution < -0.4 is 0 Å². The normalized spacial score (nSPS) is 15.0. The van der Waals surface area contributed by atoms with Crippen LogP contribution in [0.4, 0.5) is 0 Å². The summed E-state index contributed by atoms with van der Waals surface area (Å²) in [5, 5.41) is 17.2. The van der Waals surface area contributed by atoms with Gasteiger partial charge in [0.05, 0.1) is 6.61 Å². The fraction of sp³-hybridized carbons (Fsp3) is 1.00. The molecule has 0 aliphatic carbocycles. The highest BCUT2D eigenvalue weighted by molar-refractivity contribution is 6.69. The van der Waals surface area contributed by atoms with Crippen molar-refractivity contribution in [1.82, 2.24) is 0 Å². The van der Waals surface area contributed by atoms with Crippen molar-refractivity contribution in [2.24, 2.45) is 0 Å². The summed E-state index contributed by atoms with van der Waals surface area (Å²) >= 11 is 0. The smallest absolute Gasteiger partial charge is 0.230 e. The van der Waals surface area contributed by atoms with Gasteiger partial charge in [-0.1, -0.05) is 0 Å². The van der Waals surface area contributed by atoms with Gasteiger partial charge in [0.2, 0.25) is 8.32 Å². The SMILES string of the molecule is C[Si](C)(C)OOCC(O)CO. The molecule has 0 aromatic rings. The maximum Gasteiger partial charge on any atom is 0.230 e. The predicted molar refractivity (Wildman–Crippen MR) is 43.5 cm³/mol. The first-order valence-corrected chi connectivity index (χ1v) is 6.96. The lowest BCUT2D eigenvalue weighted by molar-refractivity contribution is -0.235. The molecule has 0 aromatic heterocycles. The molecule has 2 N–H and O–H groups in total. The molecule has 0 aliphatic rings. The van der Waals surface area contributed by atoms with Crippen molar-refractivity contribution in [3.05, 3.63) is 0 Å². The molecular weight excluding hydrogens is 164 g/mol. The summed E-state index contributed by atoms with van der Waals surface area (Å²) in [7, 11) is -1.65. The molecule has 0 aromatic carbocycles. The molecule has 0 amide bonds. The van der Waals surface area contributed by atoms with E-state index >= 15 is 0 Å². The third-order valence-corrected chi connectivity index (χ3v) is 1.40. The summed E-state index contributed by atoms with van der Waals surface area (Å²) in [6.45, 7) is 5.64. The molecule has 0 bridgehead atoms. The summed E-state index contributed by atoms with van der Waals surface area (Å²) in [5.41, 5.74) is 0. The number of hydrogen-bond donors (Lipinski definition) is 2. The van der Waals surface area contributed by atoms with Crippen molar-refractivity contribution in [3.63, 3.8) is 0 Å². The molecular formula is C6H16O4Si. The zero-order valence-corrected chi connectivity index (χ0v) is 8.20. The minimum atomic E-state index is -1.65. The molecule has 0 saturated heterocycles. The third-order valence-electron chi connectivity index (χ3n) is 0.780. The van der Waals surface area contributed by atoms with Crippen molar-refractivity contribution in [3.8, 4) is 0 Å². The Labute approximate surface area is 67.8 Å². The lowest BCUT2D eigenvalue weighted by atomic mass is 10.4. The van der Waals surface area contributed by atoms with Gasteiger partial charge in [0.15, 0.2) is 0 Å². The minimum Gasteiger partial charge on any atom is -0.394 e. The topological polar surface area (TPSA) is 58.9 Å². The van der Waals surface area contributed by atoms with Gasteiger partial charge in [-0.2, -0.15) is 0 Å². The van der Waals surface area contributed by atoms with Gasteiger partial charge in [-0.15, -0.1) is 0 Å². The van der Waals surface area contributed by atoms with Gasteiger partial charge in [0.25, 0.3) is 0 Å². The summed E-state index contributed by atoms with van der Waals surface area (Å²) < 4.78 is 4.97. The first-order valence-electron chi connectivity index (χ1n) is 3.55. The molecule has 0 fully saturated rings. The number of hydrogen-bond acceptors (Lipinski definition) is 4. The van der Waals surface area contributed by atoms with Gasteiger partial charge in [-0.3, -0.25) is 4.58 Å². The molecule has 0 aliphatic heterocycles. The van der Waals surface area contributed by atoms with Crippen LogP contribution in [0.25, 0.3) is 0 Å². The largest absolute Gasteiger partial charge is 0.394 e. The van der Waals surface area contributed by atoms with Gasteiger partial charge >= 0.3 is 0 Å². The maximum absolute atomic E-state index is 8.82. The van der Waals surface area contributed by atoms with Gasteiger partial charge in [-0.25, -0.2) is 4.89 Å². The van der Waals surface area contributed by atoms with E-state index in [9.17, 15) is 0 Å². The summed E-state index contributed by atoms with van der Waals surface area (Å²) in [5.74, 6) is 0. The second-order valence-corrected chi connectivity index (χ2v) is 7.71. The molecule has 0 saturated carbocycles. The van der Waals surface area contributed by atoms with Crippen LogP contribution in [0, 0.1) is 0 Å². The standard InChI is InChI=1S/C6H16O4Si/c1-11(2,3)10-9-5-6(8)4-7/h6-8H,4-5H2,1-3H3. The summed E-state index contributed by atoms with van der Waals surface area (Å²) in [6, 6.07) is 0. The van der Waals surface area contributed by atoms with Gasteiger partial charge in [0, 0.05) is 0 Å². The molecule has 68 valence electrons. The molecule has 0 rings (SSSR count). The van der Waals surface area contributed by atoms with Gasteiger partial charge < -0.3 is 10.2 Å². The highest BCUT2D eigenvalue weighted by atomic mass is 28.4. The van der Waals surface area contributed by atoms with Crippen molar-refractivity contribution in [1.29, 1.82) is 0 Å². The van der Waals surface area contributed by atoms with Crippen LogP contribution in [0.3, 0.4) is 0 Å². The van der Waals surface area contributed by atoms with Crippen molar-refractivity contribution in [2.75, 3.05) is 13.2 Å². The van der Waals surface area contributed by atoms with Crippen LogP contribution >= 0.6 is 0 Å². The Balaban J connectivity index is 3.28. The molecule has 1 atom stereocenters. The number of aliphatic hydroxyl groups excluding tert-OH is 2. The van der Waals surface area contributed by atoms with Crippen LogP contribution in [-0.2, 0) is 9.46 Å². The van der Waals surface area contributed by atoms with Crippen molar-refractivity contribution in [2.45, 2.75) is 25.7 Å². The highest BCUT2D eigenvalue weighted by Gasteiger charge is 2.16. The van der Waals surface area contributed by atoms with Crippen LogP contribution in [-0.4, -0.2) is 37.8 Å². The Bertz CT molecular complexity index is 101. The van der Waals surface area contributed by atoms with E-state index in [-0.39, 0.29) is 13.2 Å². The van der Waals surface area contributed by atoms with E-state index in [1.807, 2.05) is 19.6 Å². The molecule has 5 heteroatoms. The predicted octanol–water partition coefficient (Wildman–Crippen LogP) is 0.123. The Morgan fingerprint density at radius 1 is 1.36 bits per heavy atom. The van der Waals surface area contributed by atoms with Crippen molar-refractivity contribution >= 4 is 8.32 Å². The van der Waals surface area contributed by atoms with E-state index < -0.39 is 14.4 Å². The van der Waals surface area contributed by atoms with Crippen LogP contribution in [0.15, 0.2) is 0 Å². The maximum atomic E-state index is 8.82. The number of aliphatic hydroxyl groups is 2. The molecule has 11 heavy (non-hydrogen) atoms. The Hall–Kier alpha value is 0.0569. The van der Waals surface area contributed by atoms with Crippen molar-refractivity contribution < 1.29 is 19.7 Å². The monoisotopic (exact) mass is 180 g/mol. The quantitative estimate of drug-likeness (QED) is 0.358. The van der Waals surface area contributed by atoms with Crippen LogP contribution in [0.5, 0.6) is 0 Å². The summed E-state index contributed by atoms with van der Waals surface area (Å²) in [4.78, 5) is 4.70. The Morgan fingerprint density at radius 3 is 2.27 bits per heavy atom. The molecule has 0 spiro atoms. The van der Waals surface area contributed by atoms with E-state index in [1.165, 1.54) is 0 Å². The summed E-state index contributed by atoms with van der Waals surface area (Å²) in [6.07, 6.45) is -0.841. The first-order chi connectivity index (χ1) is 4.95. The second-order valence-electron chi connectivity index (χ2n) is 3.32. The average molecular weight is 180 g/mol. The van der Waals surface area contributed by atoms with Gasteiger partial charge in [0.1, 0.15) is 12.7 Å². The lowest BCUT2D eigenvalue weighted by Gasteiger charge is -2.16. The van der Waals surface area contributed by atoms with E-state index in [1.54, 1.807) is 0 Å². The van der Waals surface area contributed by atoms with E-state index in [4.69, 9.17) is 19.7 Å². The van der Waals surface area contributed by atoms with Crippen LogP contribution in [0.2, 0.25) is 19.6 Å². The highest BCUT2D eigenvalue weighted by Crippen LogP contribution is 2.02. The molecule has 4 nitrogen and oxygen atoms in total. The third kappa shape index (κ3) is 7.96. The molecule has 0 heterocycles. The Kier molecular flexibility index (Phi) is 4.86. The number of rotatable bonds is 5. The van der Waals surface area contributed by atoms with Gasteiger partial charge in [-0.05, 0) is 19.6 Å². The Morgan fingerprint density at radius 2 is 1.91 bits per heavy atom. The van der Waals surface area contributed by atoms with E-state index in [0.717, 1.165) is 0 Å². The minimum absolute atomic E-state index is 0.0285. The lowest BCUT2D eigenvalue weighted by Crippen LogP contribution is -2.29. The second kappa shape index (κ2) is 4.84. The molecule has 1 unspecified atom stereocenters. The van der Waals surface area contributed by atoms with Crippen LogP contribution in [0.1, 0.15) is 0 Å². The first kappa shape index (κ1) is 11.1. The fourth-order valence-electron chi connectivity index (χ4n) is 0.342. The zero-order valence-electron chi connectivity index (χ0n) is 7.20. The van der Waals surface area contributed by atoms with E-state index in [0.29, 0.717) is 0 Å². The average Bonchev–Trinajstić information content (AvgIpc) is 1.85.